The first-order valence-electron chi connectivity index (χ1n) is 10.4. The minimum absolute atomic E-state index is 0.0860. The zero-order valence-corrected chi connectivity index (χ0v) is 20.4. The van der Waals surface area contributed by atoms with Crippen molar-refractivity contribution in [2.45, 2.75) is 31.6 Å². The Hall–Kier alpha value is -2.70. The summed E-state index contributed by atoms with van der Waals surface area (Å²) in [5.74, 6) is 0.516. The molecule has 13 heteroatoms. The van der Waals surface area contributed by atoms with Crippen molar-refractivity contribution in [2.24, 2.45) is 0 Å². The van der Waals surface area contributed by atoms with Crippen LogP contribution < -0.4 is 14.2 Å². The summed E-state index contributed by atoms with van der Waals surface area (Å²) in [7, 11) is -2.54. The second-order valence-electron chi connectivity index (χ2n) is 8.09. The van der Waals surface area contributed by atoms with Crippen molar-refractivity contribution in [1.82, 2.24) is 9.88 Å². The summed E-state index contributed by atoms with van der Waals surface area (Å²) in [6.45, 7) is 1.47. The molecule has 0 saturated carbocycles. The summed E-state index contributed by atoms with van der Waals surface area (Å²) in [6, 6.07) is 7.32. The van der Waals surface area contributed by atoms with Crippen molar-refractivity contribution in [1.29, 1.82) is 0 Å². The van der Waals surface area contributed by atoms with Gasteiger partial charge in [-0.1, -0.05) is 11.6 Å². The van der Waals surface area contributed by atoms with Gasteiger partial charge in [0.25, 0.3) is 0 Å². The van der Waals surface area contributed by atoms with Gasteiger partial charge in [-0.25, -0.2) is 13.4 Å². The highest BCUT2D eigenvalue weighted by Gasteiger charge is 2.42. The minimum atomic E-state index is -4.57. The van der Waals surface area contributed by atoms with Crippen molar-refractivity contribution in [3.8, 4) is 17.4 Å². The van der Waals surface area contributed by atoms with Crippen molar-refractivity contribution < 1.29 is 40.5 Å². The molecule has 1 saturated heterocycles. The van der Waals surface area contributed by atoms with Gasteiger partial charge in [-0.05, 0) is 31.2 Å². The van der Waals surface area contributed by atoms with E-state index in [0.29, 0.717) is 24.0 Å². The molecule has 0 aliphatic carbocycles. The molecule has 1 fully saturated rings. The van der Waals surface area contributed by atoms with Crippen LogP contribution in [0.5, 0.6) is 17.4 Å². The zero-order chi connectivity index (χ0) is 25.5. The summed E-state index contributed by atoms with van der Waals surface area (Å²) in [6.07, 6.45) is -5.71. The standard InChI is InChI=1S/C22H22ClF3N2O6S/c1-12(22(24,25)26)32-14-5-6-17-16(8-14)19(20(35(3,29)30)21(31-2)34-17)28-10-15(11-28)33-18-7-4-13(23)9-27-18/h4-9,12,15,21H,10-11H2,1-3H3/t12-,21?/m0/s1. The molecule has 3 heterocycles. The monoisotopic (exact) mass is 534 g/mol. The van der Waals surface area contributed by atoms with E-state index in [-0.39, 0.29) is 33.8 Å². The third-order valence-corrected chi connectivity index (χ3v) is 6.84. The molecular weight excluding hydrogens is 513 g/mol. The second-order valence-corrected chi connectivity index (χ2v) is 10.5. The predicted molar refractivity (Wildman–Crippen MR) is 121 cm³/mol. The van der Waals surface area contributed by atoms with Gasteiger partial charge >= 0.3 is 6.18 Å². The number of hydrogen-bond acceptors (Lipinski definition) is 8. The van der Waals surface area contributed by atoms with Crippen LogP contribution in [0.25, 0.3) is 5.70 Å². The number of pyridine rings is 1. The molecule has 0 N–H and O–H groups in total. The number of likely N-dealkylation sites (tertiary alicyclic amines) is 1. The van der Waals surface area contributed by atoms with E-state index in [1.54, 1.807) is 17.0 Å². The molecule has 1 unspecified atom stereocenters. The number of ether oxygens (including phenoxy) is 4. The van der Waals surface area contributed by atoms with E-state index in [4.69, 9.17) is 30.5 Å². The van der Waals surface area contributed by atoms with Crippen molar-refractivity contribution >= 4 is 27.1 Å². The van der Waals surface area contributed by atoms with E-state index in [9.17, 15) is 21.6 Å². The van der Waals surface area contributed by atoms with Crippen LogP contribution in [0.2, 0.25) is 5.02 Å². The highest BCUT2D eigenvalue weighted by molar-refractivity contribution is 7.94. The summed E-state index contributed by atoms with van der Waals surface area (Å²) in [4.78, 5) is 5.68. The number of halogens is 4. The fourth-order valence-electron chi connectivity index (χ4n) is 3.68. The van der Waals surface area contributed by atoms with E-state index in [1.165, 1.54) is 31.5 Å². The molecule has 0 spiro atoms. The van der Waals surface area contributed by atoms with Crippen LogP contribution in [0, 0.1) is 0 Å². The van der Waals surface area contributed by atoms with E-state index in [1.807, 2.05) is 0 Å². The third-order valence-electron chi connectivity index (χ3n) is 5.43. The zero-order valence-electron chi connectivity index (χ0n) is 18.9. The van der Waals surface area contributed by atoms with Gasteiger partial charge in [0.05, 0.1) is 23.8 Å². The maximum atomic E-state index is 13.0. The molecule has 0 radical (unpaired) electrons. The van der Waals surface area contributed by atoms with E-state index < -0.39 is 28.4 Å². The third kappa shape index (κ3) is 5.44. The summed E-state index contributed by atoms with van der Waals surface area (Å²) >= 11 is 5.84. The smallest absolute Gasteiger partial charge is 0.425 e. The molecule has 190 valence electrons. The Labute approximate surface area is 205 Å². The van der Waals surface area contributed by atoms with Gasteiger partial charge in [-0.15, -0.1) is 0 Å². The first-order valence-corrected chi connectivity index (χ1v) is 12.7. The lowest BCUT2D eigenvalue weighted by molar-refractivity contribution is -0.189. The fraction of sp³-hybridized carbons (Fsp3) is 0.409. The largest absolute Gasteiger partial charge is 0.481 e. The van der Waals surface area contributed by atoms with Crippen LogP contribution in [0.15, 0.2) is 41.4 Å². The Morgan fingerprint density at radius 3 is 2.51 bits per heavy atom. The Morgan fingerprint density at radius 2 is 1.94 bits per heavy atom. The summed E-state index contributed by atoms with van der Waals surface area (Å²) in [5.41, 5.74) is 0.531. The molecule has 1 aromatic heterocycles. The normalized spacial score (nSPS) is 19.5. The van der Waals surface area contributed by atoms with Crippen LogP contribution in [0.4, 0.5) is 13.2 Å². The minimum Gasteiger partial charge on any atom is -0.481 e. The molecule has 8 nitrogen and oxygen atoms in total. The van der Waals surface area contributed by atoms with Crippen molar-refractivity contribution in [3.63, 3.8) is 0 Å². The SMILES string of the molecule is COC1Oc2ccc(O[C@@H](C)C(F)(F)F)cc2C(N2CC(Oc3ccc(Cl)cn3)C2)=C1S(C)(=O)=O. The lowest BCUT2D eigenvalue weighted by Gasteiger charge is -2.44. The molecule has 2 aliphatic rings. The molecule has 0 amide bonds. The highest BCUT2D eigenvalue weighted by Crippen LogP contribution is 2.44. The molecule has 2 aromatic rings. The lowest BCUT2D eigenvalue weighted by Crippen LogP contribution is -2.54. The number of methoxy groups -OCH3 is 1. The Balaban J connectivity index is 1.67. The molecule has 4 rings (SSSR count). The lowest BCUT2D eigenvalue weighted by atomic mass is 10.0. The van der Waals surface area contributed by atoms with Gasteiger partial charge in [-0.3, -0.25) is 0 Å². The van der Waals surface area contributed by atoms with Crippen LogP contribution >= 0.6 is 11.6 Å². The average molecular weight is 535 g/mol. The summed E-state index contributed by atoms with van der Waals surface area (Å²) in [5, 5.41) is 0.456. The highest BCUT2D eigenvalue weighted by atomic mass is 35.5. The predicted octanol–water partition coefficient (Wildman–Crippen LogP) is 3.91. The number of benzene rings is 1. The van der Waals surface area contributed by atoms with E-state index >= 15 is 0 Å². The van der Waals surface area contributed by atoms with Gasteiger partial charge in [0.15, 0.2) is 15.9 Å². The van der Waals surface area contributed by atoms with Crippen LogP contribution in [0.1, 0.15) is 12.5 Å². The molecule has 2 atom stereocenters. The maximum Gasteiger partial charge on any atom is 0.425 e. The quantitative estimate of drug-likeness (QED) is 0.528. The number of alkyl halides is 3. The summed E-state index contributed by atoms with van der Waals surface area (Å²) < 4.78 is 86.4. The topological polar surface area (TPSA) is 87.2 Å². The number of nitrogens with zero attached hydrogens (tertiary/aromatic N) is 2. The van der Waals surface area contributed by atoms with Gasteiger partial charge in [0.2, 0.25) is 12.2 Å². The fourth-order valence-corrected chi connectivity index (χ4v) is 4.88. The van der Waals surface area contributed by atoms with Gasteiger partial charge in [0.1, 0.15) is 22.5 Å². The van der Waals surface area contributed by atoms with Crippen LogP contribution in [-0.4, -0.2) is 69.4 Å². The number of fused-ring (bicyclic) bond motifs is 1. The van der Waals surface area contributed by atoms with Gasteiger partial charge in [0, 0.05) is 31.2 Å². The Bertz CT molecular complexity index is 1230. The Kier molecular flexibility index (Phi) is 6.82. The van der Waals surface area contributed by atoms with Crippen molar-refractivity contribution in [3.05, 3.63) is 52.0 Å². The van der Waals surface area contributed by atoms with Crippen molar-refractivity contribution in [2.75, 3.05) is 26.5 Å². The number of aromatic nitrogens is 1. The van der Waals surface area contributed by atoms with Crippen LogP contribution in [0.3, 0.4) is 0 Å². The first kappa shape index (κ1) is 25.4. The van der Waals surface area contributed by atoms with E-state index in [0.717, 1.165) is 13.2 Å². The molecule has 2 aliphatic heterocycles. The molecule has 0 bridgehead atoms. The molecule has 35 heavy (non-hydrogen) atoms. The van der Waals surface area contributed by atoms with E-state index in [2.05, 4.69) is 4.98 Å². The van der Waals surface area contributed by atoms with Gasteiger partial charge in [-0.2, -0.15) is 13.2 Å². The Morgan fingerprint density at radius 1 is 1.23 bits per heavy atom. The maximum absolute atomic E-state index is 13.0. The average Bonchev–Trinajstić information content (AvgIpc) is 2.74. The molecule has 1 aromatic carbocycles. The number of hydrogen-bond donors (Lipinski definition) is 0. The second kappa shape index (κ2) is 9.40. The number of rotatable bonds is 7. The van der Waals surface area contributed by atoms with Crippen LogP contribution in [-0.2, 0) is 14.6 Å². The first-order chi connectivity index (χ1) is 16.4. The van der Waals surface area contributed by atoms with Gasteiger partial charge < -0.3 is 23.8 Å². The molecular formula is C22H22ClF3N2O6S. The number of sulfone groups is 1.